The standard InChI is InChI=1S/C24H28N6O4S/c1-28-7-8-29(15-20(28)31)14-17-13-16(5-6-25-17)23(32)27-24-26-21-19(33-2)4-3-18(22(21)35-24)30-9-11-34-12-10-30/h3-6,13H,7-12,14-15H2,1-2H3,(H,26,27,32). The third kappa shape index (κ3) is 5.07. The number of carbonyl (C=O) groups is 2. The second kappa shape index (κ2) is 10.1. The van der Waals surface area contributed by atoms with Gasteiger partial charge in [-0.15, -0.1) is 0 Å². The van der Waals surface area contributed by atoms with Crippen LogP contribution in [0, 0.1) is 0 Å². The Morgan fingerprint density at radius 2 is 2.03 bits per heavy atom. The number of nitrogens with one attached hydrogen (secondary N) is 1. The predicted octanol–water partition coefficient (Wildman–Crippen LogP) is 2.06. The molecule has 3 aromatic rings. The number of nitrogens with zero attached hydrogens (tertiary/aromatic N) is 5. The van der Waals surface area contributed by atoms with Crippen molar-refractivity contribution in [2.75, 3.05) is 70.3 Å². The van der Waals surface area contributed by atoms with E-state index in [1.54, 1.807) is 30.3 Å². The van der Waals surface area contributed by atoms with Crippen molar-refractivity contribution in [3.8, 4) is 5.75 Å². The van der Waals surface area contributed by atoms with Crippen LogP contribution in [0.2, 0.25) is 0 Å². The van der Waals surface area contributed by atoms with Crippen LogP contribution in [0.1, 0.15) is 16.1 Å². The van der Waals surface area contributed by atoms with Gasteiger partial charge in [-0.2, -0.15) is 0 Å². The summed E-state index contributed by atoms with van der Waals surface area (Å²) in [7, 11) is 3.43. The van der Waals surface area contributed by atoms with Crippen LogP contribution >= 0.6 is 11.3 Å². The van der Waals surface area contributed by atoms with Crippen LogP contribution in [0.15, 0.2) is 30.5 Å². The summed E-state index contributed by atoms with van der Waals surface area (Å²) in [5.41, 5.74) is 3.03. The van der Waals surface area contributed by atoms with Crippen molar-refractivity contribution in [2.45, 2.75) is 6.54 Å². The highest BCUT2D eigenvalue weighted by atomic mass is 32.1. The van der Waals surface area contributed by atoms with Crippen LogP contribution in [0.25, 0.3) is 10.2 Å². The summed E-state index contributed by atoms with van der Waals surface area (Å²) in [6, 6.07) is 7.40. The number of anilines is 2. The van der Waals surface area contributed by atoms with E-state index in [-0.39, 0.29) is 11.8 Å². The number of carbonyl (C=O) groups excluding carboxylic acids is 2. The maximum absolute atomic E-state index is 13.1. The first-order valence-corrected chi connectivity index (χ1v) is 12.4. The van der Waals surface area contributed by atoms with E-state index in [0.717, 1.165) is 41.2 Å². The minimum Gasteiger partial charge on any atom is -0.494 e. The monoisotopic (exact) mass is 496 g/mol. The van der Waals surface area contributed by atoms with E-state index in [0.29, 0.717) is 49.3 Å². The quantitative estimate of drug-likeness (QED) is 0.554. The third-order valence-corrected chi connectivity index (χ3v) is 7.27. The molecule has 0 radical (unpaired) electrons. The van der Waals surface area contributed by atoms with Crippen molar-refractivity contribution in [1.29, 1.82) is 0 Å². The summed E-state index contributed by atoms with van der Waals surface area (Å²) in [4.78, 5) is 40.2. The molecule has 0 unspecified atom stereocenters. The van der Waals surface area contributed by atoms with Crippen molar-refractivity contribution in [3.05, 3.63) is 41.7 Å². The molecule has 2 saturated heterocycles. The van der Waals surface area contributed by atoms with Gasteiger partial charge < -0.3 is 19.3 Å². The number of benzene rings is 1. The molecule has 35 heavy (non-hydrogen) atoms. The Hall–Kier alpha value is -3.28. The van der Waals surface area contributed by atoms with Gasteiger partial charge in [0.15, 0.2) is 5.13 Å². The molecule has 4 heterocycles. The number of hydrogen-bond acceptors (Lipinski definition) is 9. The molecule has 0 spiro atoms. The van der Waals surface area contributed by atoms with Crippen LogP contribution in [0.3, 0.4) is 0 Å². The number of fused-ring (bicyclic) bond motifs is 1. The minimum absolute atomic E-state index is 0.0906. The van der Waals surface area contributed by atoms with E-state index in [9.17, 15) is 9.59 Å². The number of rotatable bonds is 6. The molecule has 0 atom stereocenters. The maximum Gasteiger partial charge on any atom is 0.257 e. The molecule has 2 amide bonds. The average Bonchev–Trinajstić information content (AvgIpc) is 3.30. The summed E-state index contributed by atoms with van der Waals surface area (Å²) in [6.45, 7) is 5.31. The third-order valence-electron chi connectivity index (χ3n) is 6.28. The van der Waals surface area contributed by atoms with Crippen LogP contribution < -0.4 is 15.0 Å². The molecule has 10 nitrogen and oxygen atoms in total. The van der Waals surface area contributed by atoms with Gasteiger partial charge in [0, 0.05) is 51.5 Å². The van der Waals surface area contributed by atoms with E-state index in [2.05, 4.69) is 20.2 Å². The van der Waals surface area contributed by atoms with Gasteiger partial charge in [-0.1, -0.05) is 11.3 Å². The smallest absolute Gasteiger partial charge is 0.257 e. The summed E-state index contributed by atoms with van der Waals surface area (Å²) < 4.78 is 12.0. The van der Waals surface area contributed by atoms with Crippen LogP contribution in [0.5, 0.6) is 5.75 Å². The van der Waals surface area contributed by atoms with Crippen molar-refractivity contribution in [3.63, 3.8) is 0 Å². The number of morpholine rings is 1. The number of amides is 2. The van der Waals surface area contributed by atoms with Gasteiger partial charge in [-0.05, 0) is 24.3 Å². The van der Waals surface area contributed by atoms with Gasteiger partial charge in [-0.25, -0.2) is 4.98 Å². The van der Waals surface area contributed by atoms with Crippen molar-refractivity contribution in [1.82, 2.24) is 19.8 Å². The molecule has 0 saturated carbocycles. The number of methoxy groups -OCH3 is 1. The van der Waals surface area contributed by atoms with Crippen LogP contribution in [-0.2, 0) is 16.1 Å². The number of ether oxygens (including phenoxy) is 2. The number of thiazole rings is 1. The molecule has 0 aliphatic carbocycles. The molecular weight excluding hydrogens is 468 g/mol. The predicted molar refractivity (Wildman–Crippen MR) is 134 cm³/mol. The Morgan fingerprint density at radius 3 is 2.80 bits per heavy atom. The van der Waals surface area contributed by atoms with Crippen LogP contribution in [0.4, 0.5) is 10.8 Å². The number of aromatic nitrogens is 2. The number of likely N-dealkylation sites (N-methyl/N-ethyl adjacent to an activating group) is 1. The summed E-state index contributed by atoms with van der Waals surface area (Å²) >= 11 is 1.43. The Labute approximate surface area is 207 Å². The van der Waals surface area contributed by atoms with Crippen molar-refractivity contribution >= 4 is 44.2 Å². The fourth-order valence-corrected chi connectivity index (χ4v) is 5.31. The fourth-order valence-electron chi connectivity index (χ4n) is 4.29. The van der Waals surface area contributed by atoms with Gasteiger partial charge in [-0.3, -0.25) is 24.8 Å². The Balaban J connectivity index is 1.34. The zero-order valence-corrected chi connectivity index (χ0v) is 20.6. The van der Waals surface area contributed by atoms with E-state index in [1.165, 1.54) is 11.3 Å². The zero-order chi connectivity index (χ0) is 24.4. The van der Waals surface area contributed by atoms with Crippen molar-refractivity contribution in [2.24, 2.45) is 0 Å². The topological polar surface area (TPSA) is 100 Å². The van der Waals surface area contributed by atoms with Gasteiger partial charge in [0.05, 0.1) is 42.9 Å². The van der Waals surface area contributed by atoms with Gasteiger partial charge in [0.25, 0.3) is 5.91 Å². The average molecular weight is 497 g/mol. The summed E-state index contributed by atoms with van der Waals surface area (Å²) in [5, 5.41) is 3.45. The lowest BCUT2D eigenvalue weighted by atomic mass is 10.2. The molecule has 0 bridgehead atoms. The molecular formula is C24H28N6O4S. The Kier molecular flexibility index (Phi) is 6.80. The summed E-state index contributed by atoms with van der Waals surface area (Å²) in [5.74, 6) is 0.503. The molecule has 5 rings (SSSR count). The molecule has 2 aromatic heterocycles. The zero-order valence-electron chi connectivity index (χ0n) is 19.8. The maximum atomic E-state index is 13.1. The first-order chi connectivity index (χ1) is 17.0. The highest BCUT2D eigenvalue weighted by Gasteiger charge is 2.22. The first kappa shape index (κ1) is 23.5. The number of piperazine rings is 1. The number of hydrogen-bond donors (Lipinski definition) is 1. The highest BCUT2D eigenvalue weighted by Crippen LogP contribution is 2.39. The second-order valence-corrected chi connectivity index (χ2v) is 9.60. The Bertz CT molecular complexity index is 1240. The highest BCUT2D eigenvalue weighted by molar-refractivity contribution is 7.23. The van der Waals surface area contributed by atoms with E-state index >= 15 is 0 Å². The van der Waals surface area contributed by atoms with Gasteiger partial charge in [0.2, 0.25) is 5.91 Å². The van der Waals surface area contributed by atoms with E-state index < -0.39 is 0 Å². The molecule has 184 valence electrons. The molecule has 11 heteroatoms. The molecule has 2 aliphatic rings. The SMILES string of the molecule is COc1ccc(N2CCOCC2)c2sc(NC(=O)c3ccnc(CN4CCN(C)C(=O)C4)c3)nc12. The van der Waals surface area contributed by atoms with Gasteiger partial charge in [0.1, 0.15) is 11.3 Å². The lowest BCUT2D eigenvalue weighted by Gasteiger charge is -2.31. The van der Waals surface area contributed by atoms with Crippen LogP contribution in [-0.4, -0.2) is 91.7 Å². The second-order valence-electron chi connectivity index (χ2n) is 8.60. The van der Waals surface area contributed by atoms with E-state index in [1.807, 2.05) is 24.1 Å². The lowest BCUT2D eigenvalue weighted by Crippen LogP contribution is -2.48. The fraction of sp³-hybridized carbons (Fsp3) is 0.417. The normalized spacial score (nSPS) is 17.1. The first-order valence-electron chi connectivity index (χ1n) is 11.5. The van der Waals surface area contributed by atoms with E-state index in [4.69, 9.17) is 9.47 Å². The minimum atomic E-state index is -0.256. The van der Waals surface area contributed by atoms with Crippen molar-refractivity contribution < 1.29 is 19.1 Å². The number of pyridine rings is 1. The molecule has 1 aromatic carbocycles. The molecule has 2 fully saturated rings. The Morgan fingerprint density at radius 1 is 1.20 bits per heavy atom. The molecule has 2 aliphatic heterocycles. The largest absolute Gasteiger partial charge is 0.494 e. The summed E-state index contributed by atoms with van der Waals surface area (Å²) in [6.07, 6.45) is 1.63. The molecule has 1 N–H and O–H groups in total. The van der Waals surface area contributed by atoms with Gasteiger partial charge >= 0.3 is 0 Å². The lowest BCUT2D eigenvalue weighted by molar-refractivity contribution is -0.134.